The molecule has 0 aromatic heterocycles. The second-order valence-electron chi connectivity index (χ2n) is 5.90. The highest BCUT2D eigenvalue weighted by atomic mass is 32.2. The lowest BCUT2D eigenvalue weighted by Gasteiger charge is -2.23. The van der Waals surface area contributed by atoms with E-state index in [-0.39, 0.29) is 31.1 Å². The van der Waals surface area contributed by atoms with Gasteiger partial charge in [0.05, 0.1) is 12.9 Å². The van der Waals surface area contributed by atoms with E-state index >= 15 is 0 Å². The third-order valence-electron chi connectivity index (χ3n) is 3.57. The van der Waals surface area contributed by atoms with Gasteiger partial charge in [-0.2, -0.15) is 8.42 Å². The van der Waals surface area contributed by atoms with Gasteiger partial charge in [0.1, 0.15) is 5.75 Å². The largest absolute Gasteiger partial charge is 0.383 e. The van der Waals surface area contributed by atoms with Crippen LogP contribution < -0.4 is 9.50 Å². The van der Waals surface area contributed by atoms with Gasteiger partial charge in [0.2, 0.25) is 0 Å². The highest BCUT2D eigenvalue weighted by molar-refractivity contribution is 7.86. The molecule has 0 spiro atoms. The number of anilines is 1. The number of benzene rings is 2. The Hall–Kier alpha value is -2.72. The molecule has 2 rings (SSSR count). The van der Waals surface area contributed by atoms with Gasteiger partial charge in [-0.15, -0.1) is 0 Å². The number of nitrogens with one attached hydrogen (secondary N) is 1. The van der Waals surface area contributed by atoms with Crippen molar-refractivity contribution in [2.45, 2.75) is 6.54 Å². The molecule has 10 heteroatoms. The summed E-state index contributed by atoms with van der Waals surface area (Å²) in [5.74, 6) is -1.92. The van der Waals surface area contributed by atoms with Crippen molar-refractivity contribution in [3.8, 4) is 5.75 Å². The molecule has 0 aliphatic carbocycles. The molecule has 1 N–H and O–H groups in total. The fraction of sp³-hybridized carbons (Fsp3) is 0.278. The van der Waals surface area contributed by atoms with Crippen LogP contribution in [0.3, 0.4) is 0 Å². The molecule has 2 amide bonds. The van der Waals surface area contributed by atoms with Crippen LogP contribution in [-0.2, 0) is 21.4 Å². The Morgan fingerprint density at radius 2 is 1.79 bits per heavy atom. The van der Waals surface area contributed by atoms with Gasteiger partial charge in [0, 0.05) is 32.0 Å². The van der Waals surface area contributed by atoms with Crippen molar-refractivity contribution in [3.63, 3.8) is 0 Å². The number of halogens is 2. The van der Waals surface area contributed by atoms with Crippen LogP contribution in [0.1, 0.15) is 5.56 Å². The summed E-state index contributed by atoms with van der Waals surface area (Å²) >= 11 is 0. The molecule has 0 bridgehead atoms. The monoisotopic (exact) mass is 414 g/mol. The van der Waals surface area contributed by atoms with Crippen LogP contribution in [0, 0.1) is 11.6 Å². The third-order valence-corrected chi connectivity index (χ3v) is 4.06. The van der Waals surface area contributed by atoms with Crippen molar-refractivity contribution in [2.24, 2.45) is 0 Å². The smallest absolute Gasteiger partial charge is 0.322 e. The molecule has 7 nitrogen and oxygen atoms in total. The summed E-state index contributed by atoms with van der Waals surface area (Å²) < 4.78 is 58.4. The van der Waals surface area contributed by atoms with E-state index in [4.69, 9.17) is 8.92 Å². The minimum Gasteiger partial charge on any atom is -0.383 e. The van der Waals surface area contributed by atoms with Crippen LogP contribution in [0.2, 0.25) is 0 Å². The van der Waals surface area contributed by atoms with Crippen molar-refractivity contribution in [2.75, 3.05) is 31.8 Å². The Labute approximate surface area is 162 Å². The molecule has 2 aromatic rings. The summed E-state index contributed by atoms with van der Waals surface area (Å²) in [6, 6.07) is 8.71. The Bertz CT molecular complexity index is 920. The van der Waals surface area contributed by atoms with Crippen molar-refractivity contribution in [1.29, 1.82) is 0 Å². The summed E-state index contributed by atoms with van der Waals surface area (Å²) in [6.45, 7) is 0.687. The number of methoxy groups -OCH3 is 1. The van der Waals surface area contributed by atoms with E-state index in [1.807, 2.05) is 0 Å². The first-order chi connectivity index (χ1) is 13.2. The standard InChI is InChI=1S/C18H20F2N2O5S/c1-26-10-9-22(18(23)21-14-5-8-16(19)17(20)11-14)12-13-3-6-15(7-4-13)27-28(2,24)25/h3-8,11H,9-10,12H2,1-2H3,(H,21,23). The molecule has 0 aliphatic heterocycles. The average molecular weight is 414 g/mol. The number of amides is 2. The van der Waals surface area contributed by atoms with Crippen molar-refractivity contribution in [3.05, 3.63) is 59.7 Å². The maximum absolute atomic E-state index is 13.3. The van der Waals surface area contributed by atoms with Crippen molar-refractivity contribution >= 4 is 21.8 Å². The topological polar surface area (TPSA) is 84.9 Å². The summed E-state index contributed by atoms with van der Waals surface area (Å²) in [6.07, 6.45) is 0.940. The molecular weight excluding hydrogens is 394 g/mol. The van der Waals surface area contributed by atoms with E-state index in [0.29, 0.717) is 5.56 Å². The van der Waals surface area contributed by atoms with Gasteiger partial charge >= 0.3 is 16.1 Å². The molecule has 0 heterocycles. The van der Waals surface area contributed by atoms with Gasteiger partial charge in [-0.05, 0) is 29.8 Å². The molecule has 0 radical (unpaired) electrons. The minimum atomic E-state index is -3.63. The predicted octanol–water partition coefficient (Wildman–Crippen LogP) is 2.98. The third kappa shape index (κ3) is 6.78. The highest BCUT2D eigenvalue weighted by Gasteiger charge is 2.15. The zero-order valence-electron chi connectivity index (χ0n) is 15.3. The molecule has 0 unspecified atom stereocenters. The van der Waals surface area contributed by atoms with Gasteiger partial charge in [-0.3, -0.25) is 0 Å². The summed E-state index contributed by atoms with van der Waals surface area (Å²) in [7, 11) is -2.14. The lowest BCUT2D eigenvalue weighted by atomic mass is 10.2. The lowest BCUT2D eigenvalue weighted by molar-refractivity contribution is 0.153. The maximum atomic E-state index is 13.3. The van der Waals surface area contributed by atoms with Crippen LogP contribution >= 0.6 is 0 Å². The van der Waals surface area contributed by atoms with E-state index in [1.165, 1.54) is 30.2 Å². The number of hydrogen-bond donors (Lipinski definition) is 1. The normalized spacial score (nSPS) is 11.1. The highest BCUT2D eigenvalue weighted by Crippen LogP contribution is 2.17. The van der Waals surface area contributed by atoms with E-state index in [9.17, 15) is 22.0 Å². The molecule has 28 heavy (non-hydrogen) atoms. The van der Waals surface area contributed by atoms with E-state index in [0.717, 1.165) is 18.4 Å². The summed E-state index contributed by atoms with van der Waals surface area (Å²) in [5.41, 5.74) is 0.820. The van der Waals surface area contributed by atoms with Gasteiger partial charge in [-0.1, -0.05) is 12.1 Å². The fourth-order valence-corrected chi connectivity index (χ4v) is 2.74. The van der Waals surface area contributed by atoms with Crippen molar-refractivity contribution < 1.29 is 30.9 Å². The zero-order valence-corrected chi connectivity index (χ0v) is 16.1. The van der Waals surface area contributed by atoms with Crippen LogP contribution in [0.15, 0.2) is 42.5 Å². The minimum absolute atomic E-state index is 0.114. The fourth-order valence-electron chi connectivity index (χ4n) is 2.28. The first-order valence-electron chi connectivity index (χ1n) is 8.16. The molecule has 0 aliphatic rings. The number of nitrogens with zero attached hydrogens (tertiary/aromatic N) is 1. The number of ether oxygens (including phenoxy) is 1. The molecule has 152 valence electrons. The Kier molecular flexibility index (Phi) is 7.30. The van der Waals surface area contributed by atoms with E-state index in [2.05, 4.69) is 5.32 Å². The molecular formula is C18H20F2N2O5S. The molecule has 0 fully saturated rings. The van der Waals surface area contributed by atoms with Crippen LogP contribution in [-0.4, -0.2) is 45.9 Å². The van der Waals surface area contributed by atoms with Gasteiger partial charge < -0.3 is 19.1 Å². The van der Waals surface area contributed by atoms with Gasteiger partial charge in [-0.25, -0.2) is 13.6 Å². The van der Waals surface area contributed by atoms with Gasteiger partial charge in [0.15, 0.2) is 11.6 Å². The van der Waals surface area contributed by atoms with Gasteiger partial charge in [0.25, 0.3) is 0 Å². The summed E-state index contributed by atoms with van der Waals surface area (Å²) in [5, 5.41) is 2.50. The molecule has 0 saturated carbocycles. The second kappa shape index (κ2) is 9.47. The Morgan fingerprint density at radius 1 is 1.11 bits per heavy atom. The number of urea groups is 1. The van der Waals surface area contributed by atoms with Crippen LogP contribution in [0.5, 0.6) is 5.75 Å². The Morgan fingerprint density at radius 3 is 2.36 bits per heavy atom. The first kappa shape index (κ1) is 21.6. The molecule has 0 atom stereocenters. The second-order valence-corrected chi connectivity index (χ2v) is 7.48. The first-order valence-corrected chi connectivity index (χ1v) is 9.98. The predicted molar refractivity (Wildman–Crippen MR) is 99.6 cm³/mol. The number of hydrogen-bond acceptors (Lipinski definition) is 5. The number of rotatable bonds is 8. The van der Waals surface area contributed by atoms with E-state index < -0.39 is 27.8 Å². The average Bonchev–Trinajstić information content (AvgIpc) is 2.62. The maximum Gasteiger partial charge on any atom is 0.322 e. The van der Waals surface area contributed by atoms with E-state index in [1.54, 1.807) is 12.1 Å². The lowest BCUT2D eigenvalue weighted by Crippen LogP contribution is -2.36. The summed E-state index contributed by atoms with van der Waals surface area (Å²) in [4.78, 5) is 13.9. The molecule has 2 aromatic carbocycles. The van der Waals surface area contributed by atoms with Crippen LogP contribution in [0.25, 0.3) is 0 Å². The molecule has 0 saturated heterocycles. The Balaban J connectivity index is 2.09. The van der Waals surface area contributed by atoms with Crippen LogP contribution in [0.4, 0.5) is 19.3 Å². The number of carbonyl (C=O) groups excluding carboxylic acids is 1. The van der Waals surface area contributed by atoms with Crippen molar-refractivity contribution in [1.82, 2.24) is 4.90 Å². The zero-order chi connectivity index (χ0) is 20.7. The number of carbonyl (C=O) groups is 1. The quantitative estimate of drug-likeness (QED) is 0.672. The SMILES string of the molecule is COCCN(Cc1ccc(OS(C)(=O)=O)cc1)C(=O)Nc1ccc(F)c(F)c1.